The van der Waals surface area contributed by atoms with Gasteiger partial charge >= 0.3 is 67.6 Å². The summed E-state index contributed by atoms with van der Waals surface area (Å²) in [6.45, 7) is 0. The van der Waals surface area contributed by atoms with E-state index in [1.54, 1.807) is 12.1 Å². The van der Waals surface area contributed by atoms with Gasteiger partial charge < -0.3 is 0 Å². The molecular formula is C7H7OSn. The average molecular weight is 226 g/mol. The maximum atomic E-state index is 8.95. The van der Waals surface area contributed by atoms with Crippen LogP contribution in [0.4, 0.5) is 0 Å². The van der Waals surface area contributed by atoms with Crippen LogP contribution in [0.5, 0.6) is 5.75 Å². The fourth-order valence-electron chi connectivity index (χ4n) is 0.666. The summed E-state index contributed by atoms with van der Waals surface area (Å²) in [4.78, 5) is 0. The number of hydrogen-bond acceptors (Lipinski definition) is 1. The molecule has 0 unspecified atom stereocenters. The Morgan fingerprint density at radius 1 is 1.44 bits per heavy atom. The first-order valence-corrected chi connectivity index (χ1v) is 4.77. The number of benzene rings is 1. The van der Waals surface area contributed by atoms with Gasteiger partial charge in [-0.05, 0) is 0 Å². The molecule has 9 heavy (non-hydrogen) atoms. The van der Waals surface area contributed by atoms with Gasteiger partial charge in [-0.15, -0.1) is 0 Å². The molecule has 1 N–H and O–H groups in total. The van der Waals surface area contributed by atoms with Gasteiger partial charge in [-0.3, -0.25) is 0 Å². The van der Waals surface area contributed by atoms with Crippen LogP contribution < -0.4 is 0 Å². The molecule has 0 aliphatic rings. The van der Waals surface area contributed by atoms with Gasteiger partial charge in [-0.1, -0.05) is 0 Å². The second kappa shape index (κ2) is 3.11. The first-order valence-electron chi connectivity index (χ1n) is 2.75. The fraction of sp³-hybridized carbons (Fsp3) is 0.143. The molecule has 1 aromatic carbocycles. The Morgan fingerprint density at radius 3 is 2.67 bits per heavy atom. The molecule has 0 saturated heterocycles. The van der Waals surface area contributed by atoms with Gasteiger partial charge in [0.05, 0.1) is 0 Å². The molecular weight excluding hydrogens is 219 g/mol. The average Bonchev–Trinajstić information content (AvgIpc) is 1.88. The van der Waals surface area contributed by atoms with Crippen LogP contribution in [0.3, 0.4) is 0 Å². The van der Waals surface area contributed by atoms with Crippen LogP contribution in [0.25, 0.3) is 0 Å². The summed E-state index contributed by atoms with van der Waals surface area (Å²) in [7, 11) is 0. The van der Waals surface area contributed by atoms with Gasteiger partial charge in [0.25, 0.3) is 0 Å². The predicted molar refractivity (Wildman–Crippen MR) is 37.6 cm³/mol. The first-order chi connectivity index (χ1) is 4.33. The minimum absolute atomic E-state index is 0.370. The van der Waals surface area contributed by atoms with Gasteiger partial charge in [0, 0.05) is 0 Å². The molecule has 45 valence electrons. The molecule has 1 rings (SSSR count). The number of aromatic hydroxyl groups is 1. The zero-order valence-electron chi connectivity index (χ0n) is 4.96. The standard InChI is InChI=1S/C7H7O.Sn/c1-6-3-2-4-7(8)5-6;/h2-5,8H,1H2;. The van der Waals surface area contributed by atoms with Crippen molar-refractivity contribution in [3.63, 3.8) is 0 Å². The third-order valence-electron chi connectivity index (χ3n) is 1.11. The second-order valence-corrected chi connectivity index (χ2v) is 2.86. The molecule has 0 aromatic heterocycles. The number of hydrogen-bond donors (Lipinski definition) is 1. The normalized spacial score (nSPS) is 9.44. The summed E-state index contributed by atoms with van der Waals surface area (Å²) in [5.41, 5.74) is 1.22. The summed E-state index contributed by atoms with van der Waals surface area (Å²) < 4.78 is 1.07. The second-order valence-electron chi connectivity index (χ2n) is 1.85. The maximum absolute atomic E-state index is 8.95. The predicted octanol–water partition coefficient (Wildman–Crippen LogP) is 1.06. The Hall–Kier alpha value is -0.181. The van der Waals surface area contributed by atoms with Crippen molar-refractivity contribution in [1.29, 1.82) is 0 Å². The molecule has 0 atom stereocenters. The Labute approximate surface area is 67.8 Å². The van der Waals surface area contributed by atoms with Crippen LogP contribution in [0, 0.1) is 0 Å². The summed E-state index contributed by atoms with van der Waals surface area (Å²) >= 11 is 1.48. The summed E-state index contributed by atoms with van der Waals surface area (Å²) in [5, 5.41) is 8.95. The van der Waals surface area contributed by atoms with E-state index in [2.05, 4.69) is 0 Å². The van der Waals surface area contributed by atoms with Crippen LogP contribution >= 0.6 is 0 Å². The third-order valence-corrected chi connectivity index (χ3v) is 2.28. The van der Waals surface area contributed by atoms with Gasteiger partial charge in [0.1, 0.15) is 0 Å². The van der Waals surface area contributed by atoms with E-state index in [-0.39, 0.29) is 0 Å². The van der Waals surface area contributed by atoms with E-state index < -0.39 is 0 Å². The molecule has 0 fully saturated rings. The molecule has 0 spiro atoms. The molecule has 3 radical (unpaired) electrons. The van der Waals surface area contributed by atoms with Crippen LogP contribution in [0.2, 0.25) is 0 Å². The topological polar surface area (TPSA) is 20.2 Å². The van der Waals surface area contributed by atoms with Gasteiger partial charge in [0.2, 0.25) is 0 Å². The Morgan fingerprint density at radius 2 is 2.22 bits per heavy atom. The van der Waals surface area contributed by atoms with Crippen molar-refractivity contribution in [3.8, 4) is 5.75 Å². The number of rotatable bonds is 1. The van der Waals surface area contributed by atoms with E-state index in [0.717, 1.165) is 4.44 Å². The molecule has 0 heterocycles. The van der Waals surface area contributed by atoms with Crippen LogP contribution in [0.1, 0.15) is 5.56 Å². The quantitative estimate of drug-likeness (QED) is 0.709. The van der Waals surface area contributed by atoms with Crippen LogP contribution in [0.15, 0.2) is 24.3 Å². The number of phenols is 1. The van der Waals surface area contributed by atoms with Gasteiger partial charge in [-0.2, -0.15) is 0 Å². The molecule has 1 aromatic rings. The van der Waals surface area contributed by atoms with Crippen molar-refractivity contribution >= 4 is 22.5 Å². The number of phenolic OH excluding ortho intramolecular Hbond substituents is 1. The summed E-state index contributed by atoms with van der Waals surface area (Å²) in [5.74, 6) is 0.370. The van der Waals surface area contributed by atoms with E-state index >= 15 is 0 Å². The van der Waals surface area contributed by atoms with E-state index in [9.17, 15) is 0 Å². The third kappa shape index (κ3) is 1.90. The molecule has 1 nitrogen and oxygen atoms in total. The van der Waals surface area contributed by atoms with Crippen molar-refractivity contribution < 1.29 is 5.11 Å². The molecule has 0 aliphatic carbocycles. The molecule has 0 saturated carbocycles. The Kier molecular flexibility index (Phi) is 2.39. The van der Waals surface area contributed by atoms with Crippen LogP contribution in [-0.2, 0) is 4.44 Å². The molecule has 2 heteroatoms. The molecule has 0 amide bonds. The fourth-order valence-corrected chi connectivity index (χ4v) is 1.29. The Bertz CT molecular complexity index is 198. The van der Waals surface area contributed by atoms with E-state index in [1.807, 2.05) is 12.1 Å². The zero-order chi connectivity index (χ0) is 6.69. The zero-order valence-corrected chi connectivity index (χ0v) is 7.82. The van der Waals surface area contributed by atoms with Gasteiger partial charge in [0.15, 0.2) is 0 Å². The monoisotopic (exact) mass is 227 g/mol. The van der Waals surface area contributed by atoms with Crippen molar-refractivity contribution in [1.82, 2.24) is 0 Å². The molecule has 0 aliphatic heterocycles. The first kappa shape index (κ1) is 6.93. The van der Waals surface area contributed by atoms with Gasteiger partial charge in [-0.25, -0.2) is 0 Å². The summed E-state index contributed by atoms with van der Waals surface area (Å²) in [6, 6.07) is 7.38. The minimum atomic E-state index is 0.370. The van der Waals surface area contributed by atoms with Crippen molar-refractivity contribution in [2.45, 2.75) is 4.44 Å². The Balaban J connectivity index is 2.94. The molecule has 0 bridgehead atoms. The van der Waals surface area contributed by atoms with Crippen molar-refractivity contribution in [3.05, 3.63) is 29.8 Å². The van der Waals surface area contributed by atoms with Crippen molar-refractivity contribution in [2.75, 3.05) is 0 Å². The SMILES string of the molecule is Oc1cccc([CH2][Sn])c1. The van der Waals surface area contributed by atoms with Crippen molar-refractivity contribution in [2.24, 2.45) is 0 Å². The van der Waals surface area contributed by atoms with Crippen LogP contribution in [-0.4, -0.2) is 27.6 Å². The summed E-state index contributed by atoms with van der Waals surface area (Å²) in [6.07, 6.45) is 0. The van der Waals surface area contributed by atoms with E-state index in [4.69, 9.17) is 5.11 Å². The van der Waals surface area contributed by atoms with E-state index in [1.165, 1.54) is 28.1 Å². The van der Waals surface area contributed by atoms with E-state index in [0.29, 0.717) is 5.75 Å².